The molecule has 0 spiro atoms. The maximum atomic E-state index is 12.7. The minimum absolute atomic E-state index is 0.114. The quantitative estimate of drug-likeness (QED) is 0.682. The van der Waals surface area contributed by atoms with Crippen molar-refractivity contribution in [2.24, 2.45) is 0 Å². The van der Waals surface area contributed by atoms with Crippen molar-refractivity contribution in [3.05, 3.63) is 41.9 Å². The zero-order valence-electron chi connectivity index (χ0n) is 16.4. The van der Waals surface area contributed by atoms with Crippen molar-refractivity contribution in [1.82, 2.24) is 15.3 Å². The second-order valence-electron chi connectivity index (χ2n) is 7.23. The zero-order valence-corrected chi connectivity index (χ0v) is 16.4. The topological polar surface area (TPSA) is 96.0 Å². The number of benzene rings is 1. The van der Waals surface area contributed by atoms with Crippen molar-refractivity contribution < 1.29 is 9.59 Å². The first-order valence-electron chi connectivity index (χ1n) is 9.81. The van der Waals surface area contributed by atoms with Gasteiger partial charge in [-0.15, -0.1) is 0 Å². The fraction of sp³-hybridized carbons (Fsp3) is 0.429. The Balaban J connectivity index is 1.68. The molecule has 7 nitrogen and oxygen atoms in total. The third-order valence-corrected chi connectivity index (χ3v) is 4.74. The number of hydrogen-bond acceptors (Lipinski definition) is 5. The number of carbonyl (C=O) groups excluding carboxylic acids is 2. The van der Waals surface area contributed by atoms with Crippen molar-refractivity contribution in [3.8, 4) is 0 Å². The van der Waals surface area contributed by atoms with Gasteiger partial charge >= 0.3 is 0 Å². The Hall–Kier alpha value is -2.96. The van der Waals surface area contributed by atoms with Gasteiger partial charge in [0.2, 0.25) is 5.91 Å². The lowest BCUT2D eigenvalue weighted by atomic mass is 10.1. The van der Waals surface area contributed by atoms with E-state index in [-0.39, 0.29) is 17.9 Å². The lowest BCUT2D eigenvalue weighted by molar-refractivity contribution is -0.114. The number of carbonyl (C=O) groups is 2. The Morgan fingerprint density at radius 1 is 0.964 bits per heavy atom. The summed E-state index contributed by atoms with van der Waals surface area (Å²) in [5.41, 5.74) is 1.90. The van der Waals surface area contributed by atoms with E-state index in [1.54, 1.807) is 25.1 Å². The van der Waals surface area contributed by atoms with Crippen LogP contribution in [-0.2, 0) is 4.79 Å². The van der Waals surface area contributed by atoms with E-state index in [0.717, 1.165) is 37.1 Å². The minimum atomic E-state index is -0.151. The fourth-order valence-corrected chi connectivity index (χ4v) is 3.42. The van der Waals surface area contributed by atoms with Gasteiger partial charge in [-0.2, -0.15) is 0 Å². The van der Waals surface area contributed by atoms with E-state index in [2.05, 4.69) is 25.9 Å². The average Bonchev–Trinajstić information content (AvgIpc) is 2.91. The van der Waals surface area contributed by atoms with Gasteiger partial charge in [0.1, 0.15) is 17.3 Å². The lowest BCUT2D eigenvalue weighted by Gasteiger charge is -2.16. The second kappa shape index (κ2) is 9.30. The van der Waals surface area contributed by atoms with Gasteiger partial charge in [0, 0.05) is 30.4 Å². The van der Waals surface area contributed by atoms with Gasteiger partial charge in [-0.3, -0.25) is 9.59 Å². The van der Waals surface area contributed by atoms with Gasteiger partial charge in [-0.1, -0.05) is 25.7 Å². The summed E-state index contributed by atoms with van der Waals surface area (Å²) in [7, 11) is 0. The molecule has 1 aromatic carbocycles. The van der Waals surface area contributed by atoms with Crippen LogP contribution in [0.25, 0.3) is 0 Å². The SMILES string of the molecule is CC(=O)Nc1ccc(Nc2cc(C(=O)NC3CCCCCC3)nc(C)n2)cc1. The predicted octanol–water partition coefficient (Wildman–Crippen LogP) is 3.94. The van der Waals surface area contributed by atoms with E-state index in [1.807, 2.05) is 12.1 Å². The van der Waals surface area contributed by atoms with Crippen LogP contribution >= 0.6 is 0 Å². The van der Waals surface area contributed by atoms with Crippen molar-refractivity contribution in [1.29, 1.82) is 0 Å². The number of amides is 2. The number of nitrogens with one attached hydrogen (secondary N) is 3. The van der Waals surface area contributed by atoms with Crippen molar-refractivity contribution in [2.75, 3.05) is 10.6 Å². The largest absolute Gasteiger partial charge is 0.348 e. The molecule has 3 N–H and O–H groups in total. The summed E-state index contributed by atoms with van der Waals surface area (Å²) < 4.78 is 0. The molecule has 0 bridgehead atoms. The molecule has 2 aromatic rings. The molecule has 1 aromatic heterocycles. The highest BCUT2D eigenvalue weighted by molar-refractivity contribution is 5.93. The van der Waals surface area contributed by atoms with E-state index in [4.69, 9.17) is 0 Å². The normalized spacial score (nSPS) is 14.8. The number of nitrogens with zero attached hydrogens (tertiary/aromatic N) is 2. The zero-order chi connectivity index (χ0) is 19.9. The van der Waals surface area contributed by atoms with Crippen LogP contribution in [0, 0.1) is 6.92 Å². The Bertz CT molecular complexity index is 827. The summed E-state index contributed by atoms with van der Waals surface area (Å²) in [4.78, 5) is 32.4. The van der Waals surface area contributed by atoms with Crippen LogP contribution < -0.4 is 16.0 Å². The van der Waals surface area contributed by atoms with Crippen molar-refractivity contribution in [3.63, 3.8) is 0 Å². The molecule has 0 unspecified atom stereocenters. The highest BCUT2D eigenvalue weighted by Gasteiger charge is 2.17. The number of rotatable bonds is 5. The average molecular weight is 381 g/mol. The summed E-state index contributed by atoms with van der Waals surface area (Å²) in [6, 6.07) is 9.18. The van der Waals surface area contributed by atoms with Crippen molar-refractivity contribution in [2.45, 2.75) is 58.4 Å². The number of hydrogen-bond donors (Lipinski definition) is 3. The standard InChI is InChI=1S/C21H27N5O2/c1-14-22-19(21(28)26-16-7-5-3-4-6-8-16)13-20(23-14)25-18-11-9-17(10-12-18)24-15(2)27/h9-13,16H,3-8H2,1-2H3,(H,24,27)(H,26,28)(H,22,23,25). The molecule has 1 aliphatic rings. The van der Waals surface area contributed by atoms with Crippen LogP contribution in [-0.4, -0.2) is 27.8 Å². The summed E-state index contributed by atoms with van der Waals surface area (Å²) in [6.45, 7) is 3.24. The van der Waals surface area contributed by atoms with Gasteiger partial charge in [0.25, 0.3) is 5.91 Å². The molecular formula is C21H27N5O2. The number of aromatic nitrogens is 2. The molecule has 0 aliphatic heterocycles. The van der Waals surface area contributed by atoms with Crippen LogP contribution in [0.3, 0.4) is 0 Å². The highest BCUT2D eigenvalue weighted by Crippen LogP contribution is 2.20. The monoisotopic (exact) mass is 381 g/mol. The van der Waals surface area contributed by atoms with Crippen LogP contribution in [0.1, 0.15) is 61.8 Å². The van der Waals surface area contributed by atoms with Gasteiger partial charge in [0.05, 0.1) is 0 Å². The van der Waals surface area contributed by atoms with Gasteiger partial charge in [-0.25, -0.2) is 9.97 Å². The van der Waals surface area contributed by atoms with E-state index in [9.17, 15) is 9.59 Å². The maximum absolute atomic E-state index is 12.7. The van der Waals surface area contributed by atoms with Gasteiger partial charge in [-0.05, 0) is 44.0 Å². The predicted molar refractivity (Wildman–Crippen MR) is 110 cm³/mol. The van der Waals surface area contributed by atoms with Crippen LogP contribution in [0.2, 0.25) is 0 Å². The Labute approximate surface area is 165 Å². The molecule has 0 atom stereocenters. The third-order valence-electron chi connectivity index (χ3n) is 4.74. The summed E-state index contributed by atoms with van der Waals surface area (Å²) in [5.74, 6) is 0.828. The number of aryl methyl sites for hydroxylation is 1. The van der Waals surface area contributed by atoms with Gasteiger partial charge < -0.3 is 16.0 Å². The van der Waals surface area contributed by atoms with Crippen LogP contribution in [0.4, 0.5) is 17.2 Å². The molecule has 1 saturated carbocycles. The Morgan fingerprint density at radius 2 is 1.61 bits per heavy atom. The Kier molecular flexibility index (Phi) is 6.57. The molecular weight excluding hydrogens is 354 g/mol. The van der Waals surface area contributed by atoms with Crippen LogP contribution in [0.5, 0.6) is 0 Å². The van der Waals surface area contributed by atoms with E-state index in [0.29, 0.717) is 17.3 Å². The fourth-order valence-electron chi connectivity index (χ4n) is 3.42. The first-order valence-corrected chi connectivity index (χ1v) is 9.81. The maximum Gasteiger partial charge on any atom is 0.270 e. The molecule has 2 amide bonds. The van der Waals surface area contributed by atoms with Crippen molar-refractivity contribution >= 4 is 29.0 Å². The van der Waals surface area contributed by atoms with E-state index >= 15 is 0 Å². The molecule has 148 valence electrons. The number of anilines is 3. The van der Waals surface area contributed by atoms with E-state index in [1.165, 1.54) is 19.8 Å². The molecule has 7 heteroatoms. The first-order chi connectivity index (χ1) is 13.5. The molecule has 0 saturated heterocycles. The van der Waals surface area contributed by atoms with Gasteiger partial charge in [0.15, 0.2) is 0 Å². The molecule has 1 heterocycles. The summed E-state index contributed by atoms with van der Waals surface area (Å²) >= 11 is 0. The first kappa shape index (κ1) is 19.8. The third kappa shape index (κ3) is 5.77. The summed E-state index contributed by atoms with van der Waals surface area (Å²) in [5, 5.41) is 9.04. The molecule has 1 fully saturated rings. The smallest absolute Gasteiger partial charge is 0.270 e. The molecule has 28 heavy (non-hydrogen) atoms. The minimum Gasteiger partial charge on any atom is -0.348 e. The molecule has 1 aliphatic carbocycles. The highest BCUT2D eigenvalue weighted by atomic mass is 16.2. The lowest BCUT2D eigenvalue weighted by Crippen LogP contribution is -2.35. The molecule has 0 radical (unpaired) electrons. The second-order valence-corrected chi connectivity index (χ2v) is 7.23. The molecule has 3 rings (SSSR count). The van der Waals surface area contributed by atoms with E-state index < -0.39 is 0 Å². The van der Waals surface area contributed by atoms with Crippen LogP contribution in [0.15, 0.2) is 30.3 Å². The Morgan fingerprint density at radius 3 is 2.25 bits per heavy atom. The summed E-state index contributed by atoms with van der Waals surface area (Å²) in [6.07, 6.45) is 6.87.